The van der Waals surface area contributed by atoms with Crippen molar-refractivity contribution in [2.45, 2.75) is 19.9 Å². The molecule has 3 N–H and O–H groups in total. The molecule has 94 valence electrons. The molecule has 1 aromatic heterocycles. The van der Waals surface area contributed by atoms with Gasteiger partial charge in [0, 0.05) is 42.8 Å². The number of amides is 1. The number of hydrogen-bond donors (Lipinski definition) is 2. The van der Waals surface area contributed by atoms with Crippen LogP contribution >= 0.6 is 15.9 Å². The van der Waals surface area contributed by atoms with Crippen molar-refractivity contribution < 1.29 is 4.79 Å². The van der Waals surface area contributed by atoms with E-state index in [4.69, 9.17) is 5.73 Å². The van der Waals surface area contributed by atoms with E-state index in [2.05, 4.69) is 21.2 Å². The molecule has 17 heavy (non-hydrogen) atoms. The Hall–Kier alpha value is -1.14. The molecule has 1 aromatic rings. The Morgan fingerprint density at radius 2 is 2.29 bits per heavy atom. The fourth-order valence-electron chi connectivity index (χ4n) is 1.34. The van der Waals surface area contributed by atoms with Crippen LogP contribution in [-0.2, 0) is 11.3 Å². The lowest BCUT2D eigenvalue weighted by atomic mass is 10.3. The normalized spacial score (nSPS) is 10.3. The summed E-state index contributed by atoms with van der Waals surface area (Å²) in [5.41, 5.74) is 6.06. The molecule has 0 saturated heterocycles. The van der Waals surface area contributed by atoms with Crippen molar-refractivity contribution in [1.82, 2.24) is 9.88 Å². The summed E-state index contributed by atoms with van der Waals surface area (Å²) >= 11 is 3.35. The maximum absolute atomic E-state index is 11.6. The van der Waals surface area contributed by atoms with Gasteiger partial charge in [-0.15, -0.1) is 0 Å². The second-order valence-corrected chi connectivity index (χ2v) is 4.58. The van der Waals surface area contributed by atoms with Crippen molar-refractivity contribution in [2.24, 2.45) is 5.73 Å². The molecule has 0 aliphatic carbocycles. The molecule has 0 aliphatic rings. The average molecular weight is 302 g/mol. The van der Waals surface area contributed by atoms with Gasteiger partial charge < -0.3 is 15.6 Å². The molecule has 0 aliphatic heterocycles. The summed E-state index contributed by atoms with van der Waals surface area (Å²) in [5, 5.41) is 2.66. The maximum atomic E-state index is 11.6. The fraction of sp³-hybridized carbons (Fsp3) is 0.455. The third-order valence-corrected chi connectivity index (χ3v) is 3.15. The van der Waals surface area contributed by atoms with Gasteiger partial charge in [-0.25, -0.2) is 0 Å². The number of nitrogens with one attached hydrogen (secondary N) is 1. The fourth-order valence-corrected chi connectivity index (χ4v) is 1.70. The number of rotatable bonds is 5. The lowest BCUT2D eigenvalue weighted by Gasteiger charge is -2.08. The summed E-state index contributed by atoms with van der Waals surface area (Å²) in [6, 6.07) is 1.54. The Morgan fingerprint density at radius 3 is 2.94 bits per heavy atom. The number of carbonyl (C=O) groups excluding carboxylic acids is 1. The molecule has 5 nitrogen and oxygen atoms in total. The molecule has 6 heteroatoms. The van der Waals surface area contributed by atoms with Gasteiger partial charge in [-0.2, -0.15) is 0 Å². The van der Waals surface area contributed by atoms with Gasteiger partial charge in [0.2, 0.25) is 5.91 Å². The molecule has 0 fully saturated rings. The Labute approximate surface area is 108 Å². The van der Waals surface area contributed by atoms with E-state index in [1.165, 1.54) is 4.57 Å². The zero-order valence-electron chi connectivity index (χ0n) is 9.70. The minimum atomic E-state index is -0.0997. The SMILES string of the molecule is Cc1cc(=O)n(CCC(=O)NCCN)cc1Br. The summed E-state index contributed by atoms with van der Waals surface area (Å²) in [6.45, 7) is 3.10. The van der Waals surface area contributed by atoms with Crippen LogP contribution in [0.15, 0.2) is 21.5 Å². The summed E-state index contributed by atoms with van der Waals surface area (Å²) in [4.78, 5) is 23.0. The number of hydrogen-bond acceptors (Lipinski definition) is 3. The van der Waals surface area contributed by atoms with Crippen molar-refractivity contribution in [2.75, 3.05) is 13.1 Å². The van der Waals surface area contributed by atoms with Crippen LogP contribution in [0.25, 0.3) is 0 Å². The van der Waals surface area contributed by atoms with Crippen LogP contribution in [0.4, 0.5) is 0 Å². The molecule has 1 amide bonds. The number of aryl methyl sites for hydroxylation is 2. The minimum absolute atomic E-state index is 0.0981. The molecule has 0 saturated carbocycles. The summed E-state index contributed by atoms with van der Waals surface area (Å²) in [7, 11) is 0. The molecule has 1 rings (SSSR count). The number of nitrogens with zero attached hydrogens (tertiary/aromatic N) is 1. The largest absolute Gasteiger partial charge is 0.355 e. The zero-order chi connectivity index (χ0) is 12.8. The second kappa shape index (κ2) is 6.56. The van der Waals surface area contributed by atoms with Gasteiger partial charge in [0.25, 0.3) is 5.56 Å². The Balaban J connectivity index is 2.61. The van der Waals surface area contributed by atoms with Gasteiger partial charge in [-0.1, -0.05) is 0 Å². The van der Waals surface area contributed by atoms with Crippen LogP contribution < -0.4 is 16.6 Å². The highest BCUT2D eigenvalue weighted by molar-refractivity contribution is 9.10. The quantitative estimate of drug-likeness (QED) is 0.826. The highest BCUT2D eigenvalue weighted by Gasteiger charge is 2.04. The van der Waals surface area contributed by atoms with Crippen molar-refractivity contribution in [3.8, 4) is 0 Å². The van der Waals surface area contributed by atoms with E-state index in [1.54, 1.807) is 12.3 Å². The Bertz CT molecular complexity index is 457. The Kier molecular flexibility index (Phi) is 5.37. The number of nitrogens with two attached hydrogens (primary N) is 1. The van der Waals surface area contributed by atoms with Gasteiger partial charge in [-0.05, 0) is 28.4 Å². The van der Waals surface area contributed by atoms with Gasteiger partial charge >= 0.3 is 0 Å². The molecule has 1 heterocycles. The maximum Gasteiger partial charge on any atom is 0.250 e. The zero-order valence-corrected chi connectivity index (χ0v) is 11.3. The molecule has 0 bridgehead atoms. The number of carbonyl (C=O) groups is 1. The summed E-state index contributed by atoms with van der Waals surface area (Å²) in [6.07, 6.45) is 1.98. The highest BCUT2D eigenvalue weighted by atomic mass is 79.9. The number of halogens is 1. The predicted molar refractivity (Wildman–Crippen MR) is 69.8 cm³/mol. The van der Waals surface area contributed by atoms with Gasteiger partial charge in [0.15, 0.2) is 0 Å². The number of aromatic nitrogens is 1. The first-order valence-corrected chi connectivity index (χ1v) is 6.17. The van der Waals surface area contributed by atoms with Crippen LogP contribution in [0.2, 0.25) is 0 Å². The topological polar surface area (TPSA) is 77.1 Å². The Morgan fingerprint density at radius 1 is 1.59 bits per heavy atom. The highest BCUT2D eigenvalue weighted by Crippen LogP contribution is 2.12. The molecular weight excluding hydrogens is 286 g/mol. The monoisotopic (exact) mass is 301 g/mol. The van der Waals surface area contributed by atoms with E-state index in [-0.39, 0.29) is 17.9 Å². The number of pyridine rings is 1. The second-order valence-electron chi connectivity index (χ2n) is 3.72. The first-order chi connectivity index (χ1) is 8.04. The first kappa shape index (κ1) is 13.9. The van der Waals surface area contributed by atoms with Gasteiger partial charge in [0.05, 0.1) is 0 Å². The van der Waals surface area contributed by atoms with Crippen LogP contribution in [0.5, 0.6) is 0 Å². The molecule has 0 radical (unpaired) electrons. The third-order valence-electron chi connectivity index (χ3n) is 2.32. The van der Waals surface area contributed by atoms with Crippen molar-refractivity contribution in [1.29, 1.82) is 0 Å². The molecule has 0 atom stereocenters. The minimum Gasteiger partial charge on any atom is -0.355 e. The predicted octanol–water partition coefficient (Wildman–Crippen LogP) is 0.384. The van der Waals surface area contributed by atoms with E-state index in [0.29, 0.717) is 19.6 Å². The van der Waals surface area contributed by atoms with E-state index in [1.807, 2.05) is 6.92 Å². The first-order valence-electron chi connectivity index (χ1n) is 5.38. The van der Waals surface area contributed by atoms with E-state index in [9.17, 15) is 9.59 Å². The van der Waals surface area contributed by atoms with E-state index in [0.717, 1.165) is 10.0 Å². The summed E-state index contributed by atoms with van der Waals surface area (Å²) in [5.74, 6) is -0.0981. The van der Waals surface area contributed by atoms with Crippen LogP contribution in [-0.4, -0.2) is 23.6 Å². The van der Waals surface area contributed by atoms with E-state index < -0.39 is 0 Å². The van der Waals surface area contributed by atoms with Crippen molar-refractivity contribution >= 4 is 21.8 Å². The molecular formula is C11H16BrN3O2. The average Bonchev–Trinajstić information content (AvgIpc) is 2.29. The lowest BCUT2D eigenvalue weighted by molar-refractivity contribution is -0.121. The van der Waals surface area contributed by atoms with Crippen LogP contribution in [0, 0.1) is 6.92 Å². The van der Waals surface area contributed by atoms with Gasteiger partial charge in [0.1, 0.15) is 0 Å². The lowest BCUT2D eigenvalue weighted by Crippen LogP contribution is -2.30. The van der Waals surface area contributed by atoms with Crippen molar-refractivity contribution in [3.63, 3.8) is 0 Å². The smallest absolute Gasteiger partial charge is 0.250 e. The van der Waals surface area contributed by atoms with Crippen molar-refractivity contribution in [3.05, 3.63) is 32.7 Å². The molecule has 0 unspecified atom stereocenters. The molecule has 0 spiro atoms. The van der Waals surface area contributed by atoms with Crippen LogP contribution in [0.1, 0.15) is 12.0 Å². The third kappa shape index (κ3) is 4.32. The van der Waals surface area contributed by atoms with Gasteiger partial charge in [-0.3, -0.25) is 9.59 Å². The van der Waals surface area contributed by atoms with Crippen LogP contribution in [0.3, 0.4) is 0 Å². The summed E-state index contributed by atoms with van der Waals surface area (Å²) < 4.78 is 2.37. The standard InChI is InChI=1S/C11H16BrN3O2/c1-8-6-11(17)15(7-9(8)12)5-2-10(16)14-4-3-13/h6-7H,2-5,13H2,1H3,(H,14,16). The molecule has 0 aromatic carbocycles. The van der Waals surface area contributed by atoms with E-state index >= 15 is 0 Å².